The summed E-state index contributed by atoms with van der Waals surface area (Å²) in [4.78, 5) is 35.3. The van der Waals surface area contributed by atoms with Crippen molar-refractivity contribution in [2.45, 2.75) is 122 Å². The zero-order valence-electron chi connectivity index (χ0n) is 22.6. The predicted molar refractivity (Wildman–Crippen MR) is 141 cm³/mol. The predicted octanol–water partition coefficient (Wildman–Crippen LogP) is 3.71. The van der Waals surface area contributed by atoms with Gasteiger partial charge in [-0.05, 0) is 36.6 Å². The lowest BCUT2D eigenvalue weighted by Gasteiger charge is -2.14. The van der Waals surface area contributed by atoms with Gasteiger partial charge in [-0.3, -0.25) is 9.59 Å². The molecule has 37 heavy (non-hydrogen) atoms. The molecule has 0 spiro atoms. The standard InChI is InChI=1S/C26H48N6O5/c1-2-37-21-20-27-24(33)19-18-22(26(35)36)28-25(34)17-15-13-11-9-7-5-3-4-6-8-10-12-14-16-23-29-31-32-30-23/h22H,2-21H2,1H3,(H,27,33)(H,28,34)(H,35,36)(H,29,30,31,32)/t22-/m0/s1. The van der Waals surface area contributed by atoms with E-state index in [0.717, 1.165) is 37.9 Å². The van der Waals surface area contributed by atoms with Crippen molar-refractivity contribution in [1.29, 1.82) is 0 Å². The number of H-pyrrole nitrogens is 1. The summed E-state index contributed by atoms with van der Waals surface area (Å²) in [5, 5.41) is 28.4. The highest BCUT2D eigenvalue weighted by atomic mass is 16.5. The Labute approximate surface area is 221 Å². The van der Waals surface area contributed by atoms with Crippen molar-refractivity contribution in [3.63, 3.8) is 0 Å². The fourth-order valence-corrected chi connectivity index (χ4v) is 4.10. The third-order valence-corrected chi connectivity index (χ3v) is 6.27. The molecule has 11 nitrogen and oxygen atoms in total. The van der Waals surface area contributed by atoms with E-state index in [4.69, 9.17) is 4.74 Å². The maximum atomic E-state index is 12.1. The van der Waals surface area contributed by atoms with Crippen molar-refractivity contribution < 1.29 is 24.2 Å². The van der Waals surface area contributed by atoms with Gasteiger partial charge in [0.1, 0.15) is 11.9 Å². The summed E-state index contributed by atoms with van der Waals surface area (Å²) >= 11 is 0. The van der Waals surface area contributed by atoms with Gasteiger partial charge in [-0.1, -0.05) is 70.6 Å². The van der Waals surface area contributed by atoms with Crippen LogP contribution >= 0.6 is 0 Å². The van der Waals surface area contributed by atoms with Gasteiger partial charge in [0.2, 0.25) is 11.8 Å². The molecular formula is C26H48N6O5. The average molecular weight is 525 g/mol. The second-order valence-corrected chi connectivity index (χ2v) is 9.49. The average Bonchev–Trinajstić information content (AvgIpc) is 3.40. The summed E-state index contributed by atoms with van der Waals surface area (Å²) < 4.78 is 5.14. The van der Waals surface area contributed by atoms with E-state index in [0.29, 0.717) is 26.2 Å². The monoisotopic (exact) mass is 524 g/mol. The normalized spacial score (nSPS) is 11.8. The number of aliphatic carboxylic acids is 1. The number of rotatable bonds is 25. The largest absolute Gasteiger partial charge is 0.480 e. The smallest absolute Gasteiger partial charge is 0.326 e. The quantitative estimate of drug-likeness (QED) is 0.141. The highest BCUT2D eigenvalue weighted by Gasteiger charge is 2.20. The first-order chi connectivity index (χ1) is 18.0. The molecule has 0 radical (unpaired) electrons. The van der Waals surface area contributed by atoms with E-state index < -0.39 is 12.0 Å². The fraction of sp³-hybridized carbons (Fsp3) is 0.846. The molecule has 0 saturated heterocycles. The molecule has 212 valence electrons. The number of nitrogens with zero attached hydrogens (tertiary/aromatic N) is 3. The maximum absolute atomic E-state index is 12.1. The van der Waals surface area contributed by atoms with Crippen LogP contribution in [0.1, 0.15) is 115 Å². The number of aryl methyl sites for hydroxylation is 1. The molecule has 11 heteroatoms. The third-order valence-electron chi connectivity index (χ3n) is 6.27. The maximum Gasteiger partial charge on any atom is 0.326 e. The summed E-state index contributed by atoms with van der Waals surface area (Å²) in [7, 11) is 0. The van der Waals surface area contributed by atoms with Crippen LogP contribution in [0.5, 0.6) is 0 Å². The van der Waals surface area contributed by atoms with Gasteiger partial charge in [-0.15, -0.1) is 5.10 Å². The van der Waals surface area contributed by atoms with Crippen molar-refractivity contribution >= 4 is 17.8 Å². The summed E-state index contributed by atoms with van der Waals surface area (Å²) in [6, 6.07) is -1.04. The number of hydrogen-bond acceptors (Lipinski definition) is 7. The minimum absolute atomic E-state index is 0.0477. The van der Waals surface area contributed by atoms with Gasteiger partial charge in [0.05, 0.1) is 6.61 Å². The van der Waals surface area contributed by atoms with Gasteiger partial charge in [0.15, 0.2) is 0 Å². The van der Waals surface area contributed by atoms with E-state index >= 15 is 0 Å². The van der Waals surface area contributed by atoms with E-state index in [1.807, 2.05) is 6.92 Å². The highest BCUT2D eigenvalue weighted by molar-refractivity contribution is 5.84. The number of amides is 2. The molecule has 1 heterocycles. The van der Waals surface area contributed by atoms with Crippen molar-refractivity contribution in [2.75, 3.05) is 19.8 Å². The molecule has 0 fully saturated rings. The number of carbonyl (C=O) groups is 3. The van der Waals surface area contributed by atoms with Gasteiger partial charge in [0, 0.05) is 32.4 Å². The molecule has 0 aliphatic heterocycles. The number of carbonyl (C=O) groups excluding carboxylic acids is 2. The number of tetrazole rings is 1. The molecule has 1 rings (SSSR count). The number of ether oxygens (including phenoxy) is 1. The van der Waals surface area contributed by atoms with E-state index in [2.05, 4.69) is 31.3 Å². The molecule has 1 aromatic heterocycles. The van der Waals surface area contributed by atoms with Crippen LogP contribution in [0.2, 0.25) is 0 Å². The Hall–Kier alpha value is -2.56. The lowest BCUT2D eigenvalue weighted by Crippen LogP contribution is -2.41. The van der Waals surface area contributed by atoms with Crippen LogP contribution in [0.3, 0.4) is 0 Å². The topological polar surface area (TPSA) is 159 Å². The summed E-state index contributed by atoms with van der Waals surface area (Å²) in [6.07, 6.45) is 16.7. The lowest BCUT2D eigenvalue weighted by molar-refractivity contribution is -0.142. The third kappa shape index (κ3) is 19.2. The van der Waals surface area contributed by atoms with Gasteiger partial charge < -0.3 is 20.5 Å². The zero-order valence-corrected chi connectivity index (χ0v) is 22.6. The van der Waals surface area contributed by atoms with E-state index in [9.17, 15) is 19.5 Å². The molecule has 0 aromatic carbocycles. The number of nitrogens with one attached hydrogen (secondary N) is 3. The molecule has 4 N–H and O–H groups in total. The Morgan fingerprint density at radius 1 is 0.865 bits per heavy atom. The van der Waals surface area contributed by atoms with E-state index in [1.54, 1.807) is 0 Å². The molecule has 0 saturated carbocycles. The number of carboxylic acids is 1. The molecular weight excluding hydrogens is 476 g/mol. The molecule has 0 bridgehead atoms. The van der Waals surface area contributed by atoms with E-state index in [-0.39, 0.29) is 24.7 Å². The Morgan fingerprint density at radius 2 is 1.46 bits per heavy atom. The zero-order chi connectivity index (χ0) is 27.0. The molecule has 2 amide bonds. The van der Waals surface area contributed by atoms with Crippen LogP contribution in [0, 0.1) is 0 Å². The second-order valence-electron chi connectivity index (χ2n) is 9.49. The number of unbranched alkanes of at least 4 members (excludes halogenated alkanes) is 12. The van der Waals surface area contributed by atoms with Crippen molar-refractivity contribution in [1.82, 2.24) is 31.3 Å². The number of aromatic nitrogens is 4. The van der Waals surface area contributed by atoms with Crippen LogP contribution in [-0.4, -0.2) is 69.3 Å². The van der Waals surface area contributed by atoms with E-state index in [1.165, 1.54) is 57.8 Å². The van der Waals surface area contributed by atoms with Crippen molar-refractivity contribution in [3.8, 4) is 0 Å². The summed E-state index contributed by atoms with van der Waals surface area (Å²) in [6.45, 7) is 3.27. The minimum atomic E-state index is -1.11. The fourth-order valence-electron chi connectivity index (χ4n) is 4.10. The second kappa shape index (κ2) is 22.6. The van der Waals surface area contributed by atoms with Gasteiger partial charge in [-0.2, -0.15) is 0 Å². The first kappa shape index (κ1) is 32.5. The van der Waals surface area contributed by atoms with Crippen molar-refractivity contribution in [3.05, 3.63) is 5.82 Å². The highest BCUT2D eigenvalue weighted by Crippen LogP contribution is 2.13. The van der Waals surface area contributed by atoms with Gasteiger partial charge in [-0.25, -0.2) is 9.89 Å². The van der Waals surface area contributed by atoms with Crippen LogP contribution in [0.4, 0.5) is 0 Å². The number of hydrogen-bond donors (Lipinski definition) is 4. The Morgan fingerprint density at radius 3 is 2.00 bits per heavy atom. The minimum Gasteiger partial charge on any atom is -0.480 e. The first-order valence-electron chi connectivity index (χ1n) is 14.1. The molecule has 1 aromatic rings. The Bertz CT molecular complexity index is 716. The molecule has 1 atom stereocenters. The van der Waals surface area contributed by atoms with Crippen LogP contribution in [0.25, 0.3) is 0 Å². The Balaban J connectivity index is 1.90. The molecule has 0 aliphatic rings. The number of carboxylic acid groups (broad SMARTS) is 1. The lowest BCUT2D eigenvalue weighted by atomic mass is 10.0. The Kier molecular flexibility index (Phi) is 19.9. The molecule has 0 unspecified atom stereocenters. The summed E-state index contributed by atoms with van der Waals surface area (Å²) in [5.74, 6) is -0.749. The first-order valence-corrected chi connectivity index (χ1v) is 14.1. The van der Waals surface area contributed by atoms with Gasteiger partial charge >= 0.3 is 5.97 Å². The van der Waals surface area contributed by atoms with Crippen LogP contribution < -0.4 is 10.6 Å². The van der Waals surface area contributed by atoms with Crippen molar-refractivity contribution in [2.24, 2.45) is 0 Å². The number of aromatic amines is 1. The van der Waals surface area contributed by atoms with Crippen LogP contribution in [-0.2, 0) is 25.5 Å². The SMILES string of the molecule is CCOCCNC(=O)CC[C@H](NC(=O)CCCCCCCCCCCCCCCc1nnn[nH]1)C(=O)O. The molecule has 0 aliphatic carbocycles. The van der Waals surface area contributed by atoms with Crippen LogP contribution in [0.15, 0.2) is 0 Å². The van der Waals surface area contributed by atoms with Gasteiger partial charge in [0.25, 0.3) is 0 Å². The summed E-state index contributed by atoms with van der Waals surface area (Å²) in [5.41, 5.74) is 0.